The number of ether oxygens (including phenoxy) is 5. The number of esters is 3. The maximum atomic E-state index is 12.1. The van der Waals surface area contributed by atoms with Crippen LogP contribution in [0.5, 0.6) is 11.8 Å². The molecular weight excluding hydrogens is 738 g/mol. The van der Waals surface area contributed by atoms with Crippen LogP contribution in [-0.2, 0) is 33.9 Å². The first kappa shape index (κ1) is 48.2. The number of thiol groups is 1. The van der Waals surface area contributed by atoms with E-state index in [1.165, 1.54) is 19.2 Å². The maximum absolute atomic E-state index is 12.1. The monoisotopic (exact) mass is 783 g/mol. The second kappa shape index (κ2) is 29.9. The van der Waals surface area contributed by atoms with Gasteiger partial charge in [0.2, 0.25) is 17.7 Å². The summed E-state index contributed by atoms with van der Waals surface area (Å²) in [5.74, 6) is -0.861. The fraction of sp³-hybridized carbons (Fsp3) is 0.455. The fourth-order valence-electron chi connectivity index (χ4n) is 2.91. The van der Waals surface area contributed by atoms with E-state index in [9.17, 15) is 18.8 Å². The topological polar surface area (TPSA) is 169 Å². The van der Waals surface area contributed by atoms with E-state index < -0.39 is 30.2 Å². The Labute approximate surface area is 308 Å². The van der Waals surface area contributed by atoms with Gasteiger partial charge in [-0.25, -0.2) is 29.3 Å². The number of hydrogen-bond acceptors (Lipinski definition) is 14. The molecule has 0 fully saturated rings. The van der Waals surface area contributed by atoms with Gasteiger partial charge in [-0.2, -0.15) is 4.39 Å². The first-order valence-corrected chi connectivity index (χ1v) is 16.8. The zero-order valence-corrected chi connectivity index (χ0v) is 32.0. The van der Waals surface area contributed by atoms with E-state index >= 15 is 0 Å². The van der Waals surface area contributed by atoms with Gasteiger partial charge in [-0.15, -0.1) is 0 Å². The zero-order valence-electron chi connectivity index (χ0n) is 29.5. The number of hydrogen-bond donors (Lipinski definition) is 2. The Bertz CT molecular complexity index is 1400. The summed E-state index contributed by atoms with van der Waals surface area (Å²) in [6.45, 7) is 14.7. The number of aromatic nitrogens is 3. The van der Waals surface area contributed by atoms with E-state index in [0.717, 1.165) is 22.0 Å². The molecule has 17 heteroatoms. The summed E-state index contributed by atoms with van der Waals surface area (Å²) >= 11 is 6.53. The number of carbonyl (C=O) groups excluding carboxylic acids is 3. The molecule has 0 aliphatic rings. The number of nitrogens with zero attached hydrogens (tertiary/aromatic N) is 4. The van der Waals surface area contributed by atoms with Crippen LogP contribution in [0.4, 0.5) is 4.39 Å². The van der Waals surface area contributed by atoms with Crippen molar-refractivity contribution in [1.82, 2.24) is 15.0 Å². The molecule has 0 saturated heterocycles. The van der Waals surface area contributed by atoms with Crippen molar-refractivity contribution in [1.29, 1.82) is 0 Å². The summed E-state index contributed by atoms with van der Waals surface area (Å²) in [5.41, 5.74) is 2.98. The predicted molar refractivity (Wildman–Crippen MR) is 194 cm³/mol. The van der Waals surface area contributed by atoms with Gasteiger partial charge in [-0.1, -0.05) is 15.9 Å². The molecule has 0 aliphatic heterocycles. The predicted octanol–water partition coefficient (Wildman–Crippen LogP) is 5.67. The Morgan fingerprint density at radius 3 is 1.54 bits per heavy atom. The molecule has 3 atom stereocenters. The van der Waals surface area contributed by atoms with Crippen LogP contribution in [0, 0.1) is 19.8 Å². The number of aliphatic hydroxyl groups is 1. The summed E-state index contributed by atoms with van der Waals surface area (Å²) in [7, 11) is 4.34. The second-order valence-corrected chi connectivity index (χ2v) is 10.3. The van der Waals surface area contributed by atoms with Crippen molar-refractivity contribution in [3.8, 4) is 11.8 Å². The summed E-state index contributed by atoms with van der Waals surface area (Å²) < 4.78 is 39.5. The second-order valence-electron chi connectivity index (χ2n) is 9.53. The third-order valence-corrected chi connectivity index (χ3v) is 5.83. The molecule has 1 N–H and O–H groups in total. The van der Waals surface area contributed by atoms with Gasteiger partial charge in [-0.05, 0) is 96.3 Å². The molecule has 3 aromatic rings. The minimum atomic E-state index is -0.991. The molecule has 3 aromatic heterocycles. The zero-order chi connectivity index (χ0) is 38.5. The Hall–Kier alpha value is -3.96. The normalized spacial score (nSPS) is 11.2. The van der Waals surface area contributed by atoms with Gasteiger partial charge in [0.15, 0.2) is 12.2 Å². The number of halogens is 2. The Balaban J connectivity index is 0. The van der Waals surface area contributed by atoms with E-state index in [4.69, 9.17) is 24.1 Å². The Morgan fingerprint density at radius 2 is 1.20 bits per heavy atom. The molecule has 0 aromatic carbocycles. The molecule has 0 unspecified atom stereocenters. The Kier molecular flexibility index (Phi) is 28.8. The fourth-order valence-corrected chi connectivity index (χ4v) is 3.26. The van der Waals surface area contributed by atoms with Crippen LogP contribution in [0.2, 0.25) is 0 Å². The molecular formula is C33H46BBrFN4O9S. The molecule has 1 radical (unpaired) electrons. The van der Waals surface area contributed by atoms with Gasteiger partial charge >= 0.3 is 42.7 Å². The number of rotatable bonds is 11. The Morgan fingerprint density at radius 1 is 0.800 bits per heavy atom. The van der Waals surface area contributed by atoms with Crippen molar-refractivity contribution >= 4 is 54.3 Å². The van der Waals surface area contributed by atoms with Crippen molar-refractivity contribution in [2.75, 3.05) is 19.8 Å². The number of pyridine rings is 3. The number of carbonyl (C=O) groups is 3. The van der Waals surface area contributed by atoms with E-state index in [0.29, 0.717) is 31.6 Å². The van der Waals surface area contributed by atoms with E-state index in [1.54, 1.807) is 65.2 Å². The quantitative estimate of drug-likeness (QED) is 0.0612. The number of alkyl halides is 1. The van der Waals surface area contributed by atoms with Gasteiger partial charge in [0.1, 0.15) is 6.10 Å². The first-order valence-electron chi connectivity index (χ1n) is 15.3. The van der Waals surface area contributed by atoms with E-state index in [-0.39, 0.29) is 11.9 Å². The van der Waals surface area contributed by atoms with E-state index in [2.05, 4.69) is 60.4 Å². The van der Waals surface area contributed by atoms with Crippen LogP contribution in [-0.4, -0.2) is 83.7 Å². The summed E-state index contributed by atoms with van der Waals surface area (Å²) in [5, 5.41) is 9.20. The summed E-state index contributed by atoms with van der Waals surface area (Å²) in [6, 6.07) is 10.4. The summed E-state index contributed by atoms with van der Waals surface area (Å²) in [6.07, 6.45) is 2.48. The van der Waals surface area contributed by atoms with Crippen molar-refractivity contribution in [3.05, 3.63) is 77.6 Å². The molecule has 13 nitrogen and oxygen atoms in total. The molecule has 0 aliphatic carbocycles. The van der Waals surface area contributed by atoms with Gasteiger partial charge in [0.05, 0.1) is 19.8 Å². The third-order valence-electron chi connectivity index (χ3n) is 5.19. The third kappa shape index (κ3) is 25.1. The van der Waals surface area contributed by atoms with Crippen molar-refractivity contribution < 1.29 is 47.6 Å². The SMILES string of the molecule is CCOC(=O)[C@H](C)O.CCOC(=O)[C@H](C)Oc1cc(C)ccn1.CCOC(=O)[C@H](C)Oc1cc(CBr)ccn1.Cc1ccnc(F)c1.[B]=NS. The van der Waals surface area contributed by atoms with Crippen LogP contribution in [0.15, 0.2) is 59.3 Å². The van der Waals surface area contributed by atoms with Crippen molar-refractivity contribution in [3.63, 3.8) is 0 Å². The van der Waals surface area contributed by atoms with Crippen LogP contribution < -0.4 is 9.47 Å². The van der Waals surface area contributed by atoms with Crippen LogP contribution >= 0.6 is 28.7 Å². The molecule has 0 spiro atoms. The molecule has 3 rings (SSSR count). The molecule has 275 valence electrons. The van der Waals surface area contributed by atoms with Crippen molar-refractivity contribution in [2.45, 2.75) is 79.0 Å². The molecule has 3 heterocycles. The molecule has 50 heavy (non-hydrogen) atoms. The standard InChI is InChI=1S/C11H14BrNO3.C11H15NO3.C6H6FN.C5H10O3.BHNS/c1-3-15-11(14)8(2)16-10-6-9(7-12)4-5-13-10;1-4-14-11(13)9(3)15-10-7-8(2)5-6-12-10;1-5-2-3-8-6(7)4-5;1-3-8-5(7)4(2)6;1-2-3/h4-6,8H,3,7H2,1-2H3;5-7,9H,4H2,1-3H3;2-4H,1H3;4,6H,3H2,1-2H3;3H/t8-;9-;;4-;/m00.0./s1. The average Bonchev–Trinajstić information content (AvgIpc) is 3.06. The minimum absolute atomic E-state index is 0.323. The van der Waals surface area contributed by atoms with Crippen LogP contribution in [0.25, 0.3) is 0 Å². The molecule has 0 saturated carbocycles. The average molecular weight is 785 g/mol. The van der Waals surface area contributed by atoms with Crippen molar-refractivity contribution in [2.24, 2.45) is 4.30 Å². The van der Waals surface area contributed by atoms with Gasteiger partial charge in [-0.3, -0.25) is 0 Å². The summed E-state index contributed by atoms with van der Waals surface area (Å²) in [4.78, 5) is 44.2. The number of aryl methyl sites for hydroxylation is 2. The molecule has 0 amide bonds. The molecule has 0 bridgehead atoms. The van der Waals surface area contributed by atoms with Gasteiger partial charge in [0.25, 0.3) is 0 Å². The van der Waals surface area contributed by atoms with Gasteiger partial charge in [0, 0.05) is 36.1 Å². The van der Waals surface area contributed by atoms with E-state index in [1.807, 2.05) is 26.0 Å². The first-order chi connectivity index (χ1) is 23.7. The van der Waals surface area contributed by atoms with Crippen LogP contribution in [0.1, 0.15) is 58.2 Å². The van der Waals surface area contributed by atoms with Crippen LogP contribution in [0.3, 0.4) is 0 Å². The number of aliphatic hydroxyl groups excluding tert-OH is 1. The van der Waals surface area contributed by atoms with Gasteiger partial charge < -0.3 is 28.8 Å².